The molecular weight excluding hydrogens is 350 g/mol. The topological polar surface area (TPSA) is 55.6 Å². The lowest BCUT2D eigenvalue weighted by atomic mass is 10.2. The van der Waals surface area contributed by atoms with Crippen LogP contribution in [0.4, 0.5) is 5.69 Å². The SMILES string of the molecule is Cc1nnnn1-c1cccc(NC(C)c2ccc(Br)s2)c1. The number of nitrogens with zero attached hydrogens (tertiary/aromatic N) is 4. The van der Waals surface area contributed by atoms with Crippen molar-refractivity contribution < 1.29 is 0 Å². The lowest BCUT2D eigenvalue weighted by Gasteiger charge is -2.14. The minimum absolute atomic E-state index is 0.242. The molecule has 0 radical (unpaired) electrons. The summed E-state index contributed by atoms with van der Waals surface area (Å²) in [5.41, 5.74) is 1.99. The van der Waals surface area contributed by atoms with Gasteiger partial charge in [-0.05, 0) is 70.5 Å². The summed E-state index contributed by atoms with van der Waals surface area (Å²) in [7, 11) is 0. The molecule has 0 bridgehead atoms. The van der Waals surface area contributed by atoms with Crippen LogP contribution in [0.5, 0.6) is 0 Å². The Bertz CT molecular complexity index is 751. The van der Waals surface area contributed by atoms with E-state index in [0.29, 0.717) is 0 Å². The molecule has 2 heterocycles. The molecule has 1 aromatic carbocycles. The van der Waals surface area contributed by atoms with Gasteiger partial charge in [0.25, 0.3) is 0 Å². The van der Waals surface area contributed by atoms with E-state index in [9.17, 15) is 0 Å². The van der Waals surface area contributed by atoms with Crippen LogP contribution in [0.3, 0.4) is 0 Å². The van der Waals surface area contributed by atoms with E-state index < -0.39 is 0 Å². The van der Waals surface area contributed by atoms with E-state index in [1.54, 1.807) is 16.0 Å². The van der Waals surface area contributed by atoms with Crippen LogP contribution in [0.15, 0.2) is 40.2 Å². The molecule has 1 atom stereocenters. The zero-order valence-electron chi connectivity index (χ0n) is 11.6. The van der Waals surface area contributed by atoms with Gasteiger partial charge in [-0.25, -0.2) is 0 Å². The molecule has 5 nitrogen and oxygen atoms in total. The molecule has 0 saturated carbocycles. The van der Waals surface area contributed by atoms with E-state index in [2.05, 4.69) is 55.8 Å². The minimum Gasteiger partial charge on any atom is -0.378 e. The van der Waals surface area contributed by atoms with E-state index in [-0.39, 0.29) is 6.04 Å². The second-order valence-corrected chi connectivity index (χ2v) is 7.19. The van der Waals surface area contributed by atoms with Gasteiger partial charge >= 0.3 is 0 Å². The maximum Gasteiger partial charge on any atom is 0.153 e. The molecule has 0 saturated heterocycles. The number of hydrogen-bond acceptors (Lipinski definition) is 5. The normalized spacial score (nSPS) is 12.3. The number of tetrazole rings is 1. The number of aryl methyl sites for hydroxylation is 1. The number of halogens is 1. The molecule has 0 aliphatic carbocycles. The summed E-state index contributed by atoms with van der Waals surface area (Å²) in [4.78, 5) is 1.28. The van der Waals surface area contributed by atoms with Crippen molar-refractivity contribution in [3.8, 4) is 5.69 Å². The number of rotatable bonds is 4. The Balaban J connectivity index is 1.82. The maximum absolute atomic E-state index is 3.99. The van der Waals surface area contributed by atoms with Gasteiger partial charge in [0.15, 0.2) is 5.82 Å². The quantitative estimate of drug-likeness (QED) is 0.761. The summed E-state index contributed by atoms with van der Waals surface area (Å²) in [6.45, 7) is 4.03. The van der Waals surface area contributed by atoms with Crippen molar-refractivity contribution in [2.45, 2.75) is 19.9 Å². The number of nitrogens with one attached hydrogen (secondary N) is 1. The first-order valence-electron chi connectivity index (χ1n) is 6.50. The van der Waals surface area contributed by atoms with Crippen LogP contribution in [0.25, 0.3) is 5.69 Å². The molecule has 21 heavy (non-hydrogen) atoms. The molecule has 0 aliphatic rings. The second-order valence-electron chi connectivity index (χ2n) is 4.70. The van der Waals surface area contributed by atoms with Gasteiger partial charge in [0.05, 0.1) is 15.5 Å². The molecule has 1 unspecified atom stereocenters. The van der Waals surface area contributed by atoms with Gasteiger partial charge in [-0.2, -0.15) is 4.68 Å². The van der Waals surface area contributed by atoms with Crippen molar-refractivity contribution in [3.63, 3.8) is 0 Å². The van der Waals surface area contributed by atoms with Gasteiger partial charge in [0, 0.05) is 10.6 Å². The average Bonchev–Trinajstić information content (AvgIpc) is 3.08. The summed E-state index contributed by atoms with van der Waals surface area (Å²) in [5.74, 6) is 0.766. The van der Waals surface area contributed by atoms with E-state index in [4.69, 9.17) is 0 Å². The Morgan fingerprint density at radius 2 is 2.14 bits per heavy atom. The van der Waals surface area contributed by atoms with Gasteiger partial charge in [0.1, 0.15) is 0 Å². The average molecular weight is 364 g/mol. The Labute approximate surface area is 135 Å². The first kappa shape index (κ1) is 14.2. The molecule has 0 aliphatic heterocycles. The fraction of sp³-hybridized carbons (Fsp3) is 0.214. The summed E-state index contributed by atoms with van der Waals surface area (Å²) in [5, 5.41) is 15.1. The Morgan fingerprint density at radius 1 is 1.29 bits per heavy atom. The predicted molar refractivity (Wildman–Crippen MR) is 87.9 cm³/mol. The van der Waals surface area contributed by atoms with Gasteiger partial charge in [-0.15, -0.1) is 16.4 Å². The molecule has 2 aromatic heterocycles. The van der Waals surface area contributed by atoms with Crippen molar-refractivity contribution in [1.82, 2.24) is 20.2 Å². The minimum atomic E-state index is 0.242. The van der Waals surface area contributed by atoms with Gasteiger partial charge in [0.2, 0.25) is 0 Å². The van der Waals surface area contributed by atoms with Crippen molar-refractivity contribution in [1.29, 1.82) is 0 Å². The number of anilines is 1. The van der Waals surface area contributed by atoms with E-state index in [1.165, 1.54) is 4.88 Å². The highest BCUT2D eigenvalue weighted by atomic mass is 79.9. The van der Waals surface area contributed by atoms with Crippen LogP contribution in [0.1, 0.15) is 23.7 Å². The van der Waals surface area contributed by atoms with Crippen LogP contribution in [0.2, 0.25) is 0 Å². The number of aromatic nitrogens is 4. The van der Waals surface area contributed by atoms with Crippen molar-refractivity contribution in [2.75, 3.05) is 5.32 Å². The highest BCUT2D eigenvalue weighted by Crippen LogP contribution is 2.29. The monoisotopic (exact) mass is 363 g/mol. The van der Waals surface area contributed by atoms with E-state index >= 15 is 0 Å². The summed E-state index contributed by atoms with van der Waals surface area (Å²) < 4.78 is 2.86. The summed E-state index contributed by atoms with van der Waals surface area (Å²) >= 11 is 5.23. The third-order valence-electron chi connectivity index (χ3n) is 3.12. The van der Waals surface area contributed by atoms with E-state index in [1.807, 2.05) is 31.2 Å². The maximum atomic E-state index is 3.99. The first-order chi connectivity index (χ1) is 10.1. The molecule has 3 aromatic rings. The third-order valence-corrected chi connectivity index (χ3v) is 4.93. The number of benzene rings is 1. The van der Waals surface area contributed by atoms with Crippen LogP contribution >= 0.6 is 27.3 Å². The molecule has 7 heteroatoms. The van der Waals surface area contributed by atoms with Crippen LogP contribution < -0.4 is 5.32 Å². The van der Waals surface area contributed by atoms with Crippen LogP contribution in [0, 0.1) is 6.92 Å². The molecule has 3 rings (SSSR count). The fourth-order valence-electron chi connectivity index (χ4n) is 2.08. The standard InChI is InChI=1S/C14H14BrN5S/c1-9(13-6-7-14(15)21-13)16-11-4-3-5-12(8-11)20-10(2)17-18-19-20/h3-9,16H,1-2H3. The number of hydrogen-bond donors (Lipinski definition) is 1. The summed E-state index contributed by atoms with van der Waals surface area (Å²) in [6, 6.07) is 12.5. The third kappa shape index (κ3) is 3.14. The Hall–Kier alpha value is -1.73. The van der Waals surface area contributed by atoms with Crippen molar-refractivity contribution in [3.05, 3.63) is 50.9 Å². The van der Waals surface area contributed by atoms with Crippen LogP contribution in [-0.2, 0) is 0 Å². The highest BCUT2D eigenvalue weighted by Gasteiger charge is 2.09. The molecule has 0 amide bonds. The lowest BCUT2D eigenvalue weighted by molar-refractivity contribution is 0.779. The highest BCUT2D eigenvalue weighted by molar-refractivity contribution is 9.11. The lowest BCUT2D eigenvalue weighted by Crippen LogP contribution is -2.06. The van der Waals surface area contributed by atoms with Crippen LogP contribution in [-0.4, -0.2) is 20.2 Å². The Morgan fingerprint density at radius 3 is 2.81 bits per heavy atom. The van der Waals surface area contributed by atoms with E-state index in [0.717, 1.165) is 21.0 Å². The smallest absolute Gasteiger partial charge is 0.153 e. The van der Waals surface area contributed by atoms with Gasteiger partial charge in [-0.3, -0.25) is 0 Å². The number of thiophene rings is 1. The molecule has 1 N–H and O–H groups in total. The fourth-order valence-corrected chi connectivity index (χ4v) is 3.51. The van der Waals surface area contributed by atoms with Gasteiger partial charge < -0.3 is 5.32 Å². The zero-order valence-corrected chi connectivity index (χ0v) is 14.0. The predicted octanol–water partition coefficient (Wildman–Crippen LogP) is 3.97. The first-order valence-corrected chi connectivity index (χ1v) is 8.11. The summed E-state index contributed by atoms with van der Waals surface area (Å²) in [6.07, 6.45) is 0. The molecular formula is C14H14BrN5S. The molecule has 0 fully saturated rings. The zero-order chi connectivity index (χ0) is 14.8. The Kier molecular flexibility index (Phi) is 4.03. The van der Waals surface area contributed by atoms with Crippen molar-refractivity contribution in [2.24, 2.45) is 0 Å². The largest absolute Gasteiger partial charge is 0.378 e. The molecule has 108 valence electrons. The second kappa shape index (κ2) is 5.95. The van der Waals surface area contributed by atoms with Gasteiger partial charge in [-0.1, -0.05) is 6.07 Å². The van der Waals surface area contributed by atoms with Crippen molar-refractivity contribution >= 4 is 33.0 Å². The molecule has 0 spiro atoms.